The van der Waals surface area contributed by atoms with E-state index >= 15 is 0 Å². The van der Waals surface area contributed by atoms with Crippen LogP contribution in [0, 0.1) is 0 Å². The second-order valence-electron chi connectivity index (χ2n) is 8.18. The Morgan fingerprint density at radius 3 is 2.38 bits per heavy atom. The van der Waals surface area contributed by atoms with Gasteiger partial charge in [0.2, 0.25) is 0 Å². The summed E-state index contributed by atoms with van der Waals surface area (Å²) >= 11 is 0. The molecule has 1 aliphatic rings. The number of aromatic nitrogens is 3. The van der Waals surface area contributed by atoms with Gasteiger partial charge in [-0.1, -0.05) is 42.8 Å². The Kier molecular flexibility index (Phi) is 5.94. The summed E-state index contributed by atoms with van der Waals surface area (Å²) in [4.78, 5) is 18.0. The zero-order valence-corrected chi connectivity index (χ0v) is 18.0. The van der Waals surface area contributed by atoms with Crippen LogP contribution < -0.4 is 4.74 Å². The minimum Gasteiger partial charge on any atom is -0.492 e. The zero-order chi connectivity index (χ0) is 21.8. The molecule has 32 heavy (non-hydrogen) atoms. The van der Waals surface area contributed by atoms with E-state index in [0.717, 1.165) is 53.1 Å². The van der Waals surface area contributed by atoms with Crippen LogP contribution in [0.4, 0.5) is 0 Å². The van der Waals surface area contributed by atoms with Crippen molar-refractivity contribution in [2.75, 3.05) is 26.2 Å². The maximum Gasteiger partial charge on any atom is 0.162 e. The average molecular weight is 427 g/mol. The summed E-state index contributed by atoms with van der Waals surface area (Å²) in [5, 5.41) is 4.48. The largest absolute Gasteiger partial charge is 0.492 e. The van der Waals surface area contributed by atoms with E-state index in [4.69, 9.17) is 4.74 Å². The number of nitrogens with zero attached hydrogens (tertiary/aromatic N) is 4. The molecule has 0 bridgehead atoms. The summed E-state index contributed by atoms with van der Waals surface area (Å²) in [6.07, 6.45) is 10.5. The highest BCUT2D eigenvalue weighted by molar-refractivity contribution is 5.81. The van der Waals surface area contributed by atoms with Gasteiger partial charge in [0, 0.05) is 35.6 Å². The maximum absolute atomic E-state index is 10.9. The van der Waals surface area contributed by atoms with Crippen LogP contribution in [0.15, 0.2) is 67.1 Å². The quantitative estimate of drug-likeness (QED) is 0.400. The van der Waals surface area contributed by atoms with Gasteiger partial charge in [-0.25, -0.2) is 9.50 Å². The van der Waals surface area contributed by atoms with Crippen molar-refractivity contribution in [3.63, 3.8) is 0 Å². The molecule has 0 saturated carbocycles. The molecule has 0 N–H and O–H groups in total. The van der Waals surface area contributed by atoms with Crippen molar-refractivity contribution in [3.8, 4) is 28.0 Å². The Labute approximate surface area is 187 Å². The molecular formula is C26H26N4O2. The molecule has 2 aromatic carbocycles. The fourth-order valence-corrected chi connectivity index (χ4v) is 4.19. The highest BCUT2D eigenvalue weighted by Crippen LogP contribution is 2.26. The van der Waals surface area contributed by atoms with Crippen molar-refractivity contribution in [2.45, 2.75) is 19.3 Å². The average Bonchev–Trinajstić information content (AvgIpc) is 3.28. The Balaban J connectivity index is 1.27. The monoisotopic (exact) mass is 426 g/mol. The molecule has 6 nitrogen and oxygen atoms in total. The van der Waals surface area contributed by atoms with Crippen molar-refractivity contribution >= 4 is 11.9 Å². The Morgan fingerprint density at radius 1 is 0.875 bits per heavy atom. The first-order chi connectivity index (χ1) is 15.8. The lowest BCUT2D eigenvalue weighted by molar-refractivity contribution is 0.112. The van der Waals surface area contributed by atoms with Gasteiger partial charge >= 0.3 is 0 Å². The van der Waals surface area contributed by atoms with Crippen molar-refractivity contribution in [1.29, 1.82) is 0 Å². The summed E-state index contributed by atoms with van der Waals surface area (Å²) in [5.41, 5.74) is 5.41. The lowest BCUT2D eigenvalue weighted by atomic mass is 10.1. The molecule has 1 fully saturated rings. The van der Waals surface area contributed by atoms with Crippen LogP contribution in [0.3, 0.4) is 0 Å². The SMILES string of the molecule is O=Cc1ccc(-c2cnn3cc(-c4ccc(OCCN5CCCCC5)cc4)cnc23)cc1. The Morgan fingerprint density at radius 2 is 1.62 bits per heavy atom. The molecule has 0 atom stereocenters. The number of rotatable bonds is 7. The molecule has 1 aliphatic heterocycles. The van der Waals surface area contributed by atoms with Crippen LogP contribution in [0.5, 0.6) is 5.75 Å². The highest BCUT2D eigenvalue weighted by Gasteiger charge is 2.11. The number of piperidine rings is 1. The van der Waals surface area contributed by atoms with E-state index in [1.54, 1.807) is 22.8 Å². The number of hydrogen-bond acceptors (Lipinski definition) is 5. The molecule has 2 aromatic heterocycles. The van der Waals surface area contributed by atoms with E-state index in [0.29, 0.717) is 5.56 Å². The van der Waals surface area contributed by atoms with Crippen molar-refractivity contribution < 1.29 is 9.53 Å². The second-order valence-corrected chi connectivity index (χ2v) is 8.18. The number of ether oxygens (including phenoxy) is 1. The summed E-state index contributed by atoms with van der Waals surface area (Å²) < 4.78 is 7.74. The highest BCUT2D eigenvalue weighted by atomic mass is 16.5. The number of carbonyl (C=O) groups is 1. The maximum atomic E-state index is 10.9. The molecule has 4 aromatic rings. The molecule has 0 amide bonds. The molecule has 0 unspecified atom stereocenters. The van der Waals surface area contributed by atoms with Gasteiger partial charge in [0.25, 0.3) is 0 Å². The molecule has 1 saturated heterocycles. The van der Waals surface area contributed by atoms with Gasteiger partial charge in [-0.2, -0.15) is 5.10 Å². The van der Waals surface area contributed by atoms with Crippen molar-refractivity contribution in [2.24, 2.45) is 0 Å². The van der Waals surface area contributed by atoms with Crippen LogP contribution in [0.2, 0.25) is 0 Å². The van der Waals surface area contributed by atoms with Crippen molar-refractivity contribution in [3.05, 3.63) is 72.7 Å². The molecule has 6 heteroatoms. The number of likely N-dealkylation sites (tertiary alicyclic amines) is 1. The smallest absolute Gasteiger partial charge is 0.162 e. The van der Waals surface area contributed by atoms with Crippen molar-refractivity contribution in [1.82, 2.24) is 19.5 Å². The lowest BCUT2D eigenvalue weighted by Gasteiger charge is -2.26. The predicted octanol–water partition coefficient (Wildman–Crippen LogP) is 4.74. The zero-order valence-electron chi connectivity index (χ0n) is 18.0. The van der Waals surface area contributed by atoms with Gasteiger partial charge in [0.1, 0.15) is 18.6 Å². The molecule has 0 spiro atoms. The molecule has 0 radical (unpaired) electrons. The van der Waals surface area contributed by atoms with E-state index in [-0.39, 0.29) is 0 Å². The Hall–Kier alpha value is -3.51. The van der Waals surface area contributed by atoms with Gasteiger partial charge in [0.05, 0.1) is 6.20 Å². The number of carbonyl (C=O) groups excluding carboxylic acids is 1. The van der Waals surface area contributed by atoms with Crippen LogP contribution in [-0.4, -0.2) is 52.0 Å². The number of fused-ring (bicyclic) bond motifs is 1. The van der Waals surface area contributed by atoms with Crippen LogP contribution in [0.25, 0.3) is 27.9 Å². The topological polar surface area (TPSA) is 59.7 Å². The fraction of sp³-hybridized carbons (Fsp3) is 0.269. The van der Waals surface area contributed by atoms with E-state index in [2.05, 4.69) is 27.1 Å². The first kappa shape index (κ1) is 20.4. The molecular weight excluding hydrogens is 400 g/mol. The third kappa shape index (κ3) is 4.41. The summed E-state index contributed by atoms with van der Waals surface area (Å²) in [5.74, 6) is 0.889. The third-order valence-electron chi connectivity index (χ3n) is 6.03. The van der Waals surface area contributed by atoms with Gasteiger partial charge in [-0.15, -0.1) is 0 Å². The molecule has 0 aliphatic carbocycles. The minimum atomic E-state index is 0.652. The van der Waals surface area contributed by atoms with E-state index in [9.17, 15) is 4.79 Å². The lowest BCUT2D eigenvalue weighted by Crippen LogP contribution is -2.33. The summed E-state index contributed by atoms with van der Waals surface area (Å²) in [6, 6.07) is 15.6. The van der Waals surface area contributed by atoms with E-state index < -0.39 is 0 Å². The van der Waals surface area contributed by atoms with Crippen LogP contribution >= 0.6 is 0 Å². The summed E-state index contributed by atoms with van der Waals surface area (Å²) in [7, 11) is 0. The first-order valence-electron chi connectivity index (χ1n) is 11.1. The van der Waals surface area contributed by atoms with E-state index in [1.807, 2.05) is 36.7 Å². The number of hydrogen-bond donors (Lipinski definition) is 0. The van der Waals surface area contributed by atoms with E-state index in [1.165, 1.54) is 32.4 Å². The van der Waals surface area contributed by atoms with Crippen LogP contribution in [-0.2, 0) is 0 Å². The second kappa shape index (κ2) is 9.32. The number of aldehydes is 1. The Bertz CT molecular complexity index is 1190. The van der Waals surface area contributed by atoms with Gasteiger partial charge in [-0.05, 0) is 49.2 Å². The molecule has 3 heterocycles. The predicted molar refractivity (Wildman–Crippen MR) is 125 cm³/mol. The van der Waals surface area contributed by atoms with Gasteiger partial charge in [0.15, 0.2) is 5.65 Å². The normalized spacial score (nSPS) is 14.5. The summed E-state index contributed by atoms with van der Waals surface area (Å²) in [6.45, 7) is 4.09. The minimum absolute atomic E-state index is 0.652. The standard InChI is InChI=1S/C26H26N4O2/c31-19-20-4-6-22(7-5-20)25-17-28-30-18-23(16-27-26(25)30)21-8-10-24(11-9-21)32-15-14-29-12-2-1-3-13-29/h4-11,16-19H,1-3,12-15H2. The van der Waals surface area contributed by atoms with Gasteiger partial charge < -0.3 is 4.74 Å². The van der Waals surface area contributed by atoms with Gasteiger partial charge in [-0.3, -0.25) is 9.69 Å². The third-order valence-corrected chi connectivity index (χ3v) is 6.03. The molecule has 162 valence electrons. The fourth-order valence-electron chi connectivity index (χ4n) is 4.19. The first-order valence-corrected chi connectivity index (χ1v) is 11.1. The van der Waals surface area contributed by atoms with Crippen LogP contribution in [0.1, 0.15) is 29.6 Å². The molecule has 5 rings (SSSR count). The number of benzene rings is 2.